The van der Waals surface area contributed by atoms with E-state index in [-0.39, 0.29) is 12.1 Å². The van der Waals surface area contributed by atoms with Gasteiger partial charge in [0.1, 0.15) is 12.0 Å². The highest BCUT2D eigenvalue weighted by molar-refractivity contribution is 5.19. The Balaban J connectivity index is 2.76. The second-order valence-electron chi connectivity index (χ2n) is 2.44. The van der Waals surface area contributed by atoms with E-state index in [4.69, 9.17) is 5.53 Å². The standard InChI is InChI=1S/C8H7F2N3/c9-7-3-1-2-6(4-7)8(10)5-12-13-11/h1-4,8H,5H2. The number of benzene rings is 1. The van der Waals surface area contributed by atoms with Crippen LogP contribution in [0.15, 0.2) is 29.4 Å². The molecule has 0 aliphatic heterocycles. The first kappa shape index (κ1) is 9.48. The van der Waals surface area contributed by atoms with Crippen molar-refractivity contribution in [1.82, 2.24) is 0 Å². The molecule has 0 heterocycles. The SMILES string of the molecule is [N-]=[N+]=NCC(F)c1cccc(F)c1. The fourth-order valence-electron chi connectivity index (χ4n) is 0.915. The number of hydrogen-bond donors (Lipinski definition) is 0. The summed E-state index contributed by atoms with van der Waals surface area (Å²) in [5.74, 6) is -0.499. The van der Waals surface area contributed by atoms with E-state index < -0.39 is 12.0 Å². The Bertz CT molecular complexity index is 334. The lowest BCUT2D eigenvalue weighted by Crippen LogP contribution is -1.95. The highest BCUT2D eigenvalue weighted by atomic mass is 19.1. The molecule has 0 N–H and O–H groups in total. The van der Waals surface area contributed by atoms with E-state index in [1.807, 2.05) is 0 Å². The van der Waals surface area contributed by atoms with E-state index in [0.717, 1.165) is 6.07 Å². The Morgan fingerprint density at radius 1 is 1.54 bits per heavy atom. The molecule has 0 spiro atoms. The number of nitrogens with zero attached hydrogens (tertiary/aromatic N) is 3. The lowest BCUT2D eigenvalue weighted by Gasteiger charge is -2.03. The molecule has 3 nitrogen and oxygen atoms in total. The first-order valence-electron chi connectivity index (χ1n) is 3.64. The third-order valence-electron chi connectivity index (χ3n) is 1.52. The van der Waals surface area contributed by atoms with Gasteiger partial charge < -0.3 is 0 Å². The maximum absolute atomic E-state index is 13.1. The number of rotatable bonds is 3. The van der Waals surface area contributed by atoms with E-state index in [1.165, 1.54) is 18.2 Å². The minimum atomic E-state index is -1.44. The largest absolute Gasteiger partial charge is 0.242 e. The first-order valence-corrected chi connectivity index (χ1v) is 3.64. The van der Waals surface area contributed by atoms with E-state index in [1.54, 1.807) is 0 Å². The van der Waals surface area contributed by atoms with Crippen LogP contribution in [0.1, 0.15) is 11.7 Å². The Morgan fingerprint density at radius 2 is 2.31 bits per heavy atom. The van der Waals surface area contributed by atoms with Gasteiger partial charge >= 0.3 is 0 Å². The van der Waals surface area contributed by atoms with Crippen molar-refractivity contribution < 1.29 is 8.78 Å². The molecule has 0 amide bonds. The van der Waals surface area contributed by atoms with Crippen molar-refractivity contribution in [1.29, 1.82) is 0 Å². The molecule has 1 aromatic rings. The van der Waals surface area contributed by atoms with Gasteiger partial charge in [0, 0.05) is 4.91 Å². The molecule has 0 saturated carbocycles. The summed E-state index contributed by atoms with van der Waals surface area (Å²) in [6.45, 7) is -0.306. The third-order valence-corrected chi connectivity index (χ3v) is 1.52. The Morgan fingerprint density at radius 3 is 2.92 bits per heavy atom. The Kier molecular flexibility index (Phi) is 3.23. The Hall–Kier alpha value is -1.61. The van der Waals surface area contributed by atoms with Crippen molar-refractivity contribution in [2.24, 2.45) is 5.11 Å². The van der Waals surface area contributed by atoms with Crippen LogP contribution < -0.4 is 0 Å². The van der Waals surface area contributed by atoms with Crippen molar-refractivity contribution in [3.63, 3.8) is 0 Å². The number of alkyl halides is 1. The van der Waals surface area contributed by atoms with Gasteiger partial charge in [-0.25, -0.2) is 8.78 Å². The van der Waals surface area contributed by atoms with E-state index in [2.05, 4.69) is 10.0 Å². The molecular formula is C8H7F2N3. The van der Waals surface area contributed by atoms with Gasteiger partial charge in [0.05, 0.1) is 6.54 Å². The van der Waals surface area contributed by atoms with Gasteiger partial charge in [0.15, 0.2) is 0 Å². The second-order valence-corrected chi connectivity index (χ2v) is 2.44. The van der Waals surface area contributed by atoms with Crippen LogP contribution in [0.5, 0.6) is 0 Å². The minimum absolute atomic E-state index is 0.187. The monoisotopic (exact) mass is 183 g/mol. The fraction of sp³-hybridized carbons (Fsp3) is 0.250. The van der Waals surface area contributed by atoms with Gasteiger partial charge in [0.25, 0.3) is 0 Å². The summed E-state index contributed by atoms with van der Waals surface area (Å²) in [7, 11) is 0. The summed E-state index contributed by atoms with van der Waals surface area (Å²) in [6, 6.07) is 5.16. The van der Waals surface area contributed by atoms with Gasteiger partial charge in [-0.3, -0.25) is 0 Å². The lowest BCUT2D eigenvalue weighted by atomic mass is 10.1. The molecule has 5 heteroatoms. The molecular weight excluding hydrogens is 176 g/mol. The summed E-state index contributed by atoms with van der Waals surface area (Å²) in [5.41, 5.74) is 8.12. The molecule has 13 heavy (non-hydrogen) atoms. The van der Waals surface area contributed by atoms with Crippen molar-refractivity contribution in [2.45, 2.75) is 6.17 Å². The average Bonchev–Trinajstić information content (AvgIpc) is 2.14. The number of halogens is 2. The highest BCUT2D eigenvalue weighted by Gasteiger charge is 2.08. The zero-order valence-electron chi connectivity index (χ0n) is 6.69. The van der Waals surface area contributed by atoms with Crippen molar-refractivity contribution in [3.05, 3.63) is 46.1 Å². The first-order chi connectivity index (χ1) is 6.24. The van der Waals surface area contributed by atoms with E-state index in [9.17, 15) is 8.78 Å². The Labute approximate surface area is 73.6 Å². The zero-order chi connectivity index (χ0) is 9.68. The zero-order valence-corrected chi connectivity index (χ0v) is 6.69. The predicted octanol–water partition coefficient (Wildman–Crippen LogP) is 3.15. The van der Waals surface area contributed by atoms with Crippen molar-refractivity contribution in [3.8, 4) is 0 Å². The molecule has 0 aliphatic rings. The van der Waals surface area contributed by atoms with Crippen LogP contribution in [-0.4, -0.2) is 6.54 Å². The van der Waals surface area contributed by atoms with Crippen molar-refractivity contribution in [2.75, 3.05) is 6.54 Å². The van der Waals surface area contributed by atoms with Crippen LogP contribution in [0.25, 0.3) is 10.4 Å². The van der Waals surface area contributed by atoms with Gasteiger partial charge in [-0.15, -0.1) is 0 Å². The summed E-state index contributed by atoms with van der Waals surface area (Å²) < 4.78 is 25.7. The van der Waals surface area contributed by atoms with E-state index >= 15 is 0 Å². The van der Waals surface area contributed by atoms with Crippen LogP contribution in [-0.2, 0) is 0 Å². The van der Waals surface area contributed by atoms with Gasteiger partial charge in [-0.1, -0.05) is 17.2 Å². The molecule has 1 atom stereocenters. The smallest absolute Gasteiger partial charge is 0.131 e. The molecule has 0 aromatic heterocycles. The predicted molar refractivity (Wildman–Crippen MR) is 44.3 cm³/mol. The maximum atomic E-state index is 13.1. The lowest BCUT2D eigenvalue weighted by molar-refractivity contribution is 0.351. The molecule has 1 unspecified atom stereocenters. The van der Waals surface area contributed by atoms with Crippen molar-refractivity contribution >= 4 is 0 Å². The third kappa shape index (κ3) is 2.72. The molecule has 0 fully saturated rings. The van der Waals surface area contributed by atoms with Crippen LogP contribution in [0.4, 0.5) is 8.78 Å². The van der Waals surface area contributed by atoms with Gasteiger partial charge in [-0.2, -0.15) is 0 Å². The molecule has 1 rings (SSSR count). The number of hydrogen-bond acceptors (Lipinski definition) is 1. The fourth-order valence-corrected chi connectivity index (χ4v) is 0.915. The molecule has 0 radical (unpaired) electrons. The van der Waals surface area contributed by atoms with Gasteiger partial charge in [0.2, 0.25) is 0 Å². The quantitative estimate of drug-likeness (QED) is 0.392. The topological polar surface area (TPSA) is 48.8 Å². The normalized spacial score (nSPS) is 11.8. The summed E-state index contributed by atoms with van der Waals surface area (Å²) in [4.78, 5) is 2.41. The molecule has 1 aromatic carbocycles. The molecule has 0 aliphatic carbocycles. The van der Waals surface area contributed by atoms with Crippen LogP contribution in [0.2, 0.25) is 0 Å². The average molecular weight is 183 g/mol. The van der Waals surface area contributed by atoms with Crippen LogP contribution in [0.3, 0.4) is 0 Å². The molecule has 0 saturated heterocycles. The minimum Gasteiger partial charge on any atom is -0.242 e. The number of azide groups is 1. The summed E-state index contributed by atoms with van der Waals surface area (Å²) in [6.07, 6.45) is -1.44. The molecule has 0 bridgehead atoms. The van der Waals surface area contributed by atoms with E-state index in [0.29, 0.717) is 0 Å². The van der Waals surface area contributed by atoms with Crippen LogP contribution in [0, 0.1) is 5.82 Å². The van der Waals surface area contributed by atoms with Crippen LogP contribution >= 0.6 is 0 Å². The molecule has 68 valence electrons. The highest BCUT2D eigenvalue weighted by Crippen LogP contribution is 2.18. The van der Waals surface area contributed by atoms with Gasteiger partial charge in [-0.05, 0) is 23.2 Å². The summed E-state index contributed by atoms with van der Waals surface area (Å²) >= 11 is 0. The maximum Gasteiger partial charge on any atom is 0.131 e. The summed E-state index contributed by atoms with van der Waals surface area (Å²) in [5, 5.41) is 3.06. The second kappa shape index (κ2) is 4.42.